The van der Waals surface area contributed by atoms with E-state index in [0.717, 1.165) is 10.9 Å². The quantitative estimate of drug-likeness (QED) is 0.823. The van der Waals surface area contributed by atoms with Gasteiger partial charge >= 0.3 is 0 Å². The fourth-order valence-corrected chi connectivity index (χ4v) is 3.82. The zero-order valence-electron chi connectivity index (χ0n) is 11.3. The molecule has 0 atom stereocenters. The van der Waals surface area contributed by atoms with Crippen LogP contribution in [0.3, 0.4) is 0 Å². The lowest BCUT2D eigenvalue weighted by Gasteiger charge is -2.32. The number of aliphatic imine (C=N–C) groups is 1. The molecule has 1 aliphatic heterocycles. The van der Waals surface area contributed by atoms with Gasteiger partial charge in [0.2, 0.25) is 5.91 Å². The zero-order valence-corrected chi connectivity index (χ0v) is 12.1. The Morgan fingerprint density at radius 3 is 2.83 bits per heavy atom. The molecule has 1 amide bonds. The molecule has 5 heteroatoms. The van der Waals surface area contributed by atoms with E-state index in [9.17, 15) is 4.79 Å². The maximum absolute atomic E-state index is 11.5. The lowest BCUT2D eigenvalue weighted by molar-refractivity contribution is -0.120. The number of hydrogen-bond donors (Lipinski definition) is 2. The maximum atomic E-state index is 11.5. The summed E-state index contributed by atoms with van der Waals surface area (Å²) in [7, 11) is 0. The second-order valence-electron chi connectivity index (χ2n) is 5.60. The predicted octanol–water partition coefficient (Wildman–Crippen LogP) is 1.91. The number of nitrogens with one attached hydrogen (secondary N) is 2. The van der Waals surface area contributed by atoms with Gasteiger partial charge in [-0.25, -0.2) is 0 Å². The first-order chi connectivity index (χ1) is 8.60. The first-order valence-corrected chi connectivity index (χ1v) is 7.83. The molecule has 2 fully saturated rings. The largest absolute Gasteiger partial charge is 0.359 e. The van der Waals surface area contributed by atoms with Gasteiger partial charge in [-0.05, 0) is 26.7 Å². The Kier molecular flexibility index (Phi) is 4.54. The van der Waals surface area contributed by atoms with Gasteiger partial charge in [-0.2, -0.15) is 0 Å². The van der Waals surface area contributed by atoms with E-state index in [1.165, 1.54) is 32.1 Å². The summed E-state index contributed by atoms with van der Waals surface area (Å²) in [5, 5.41) is 7.36. The van der Waals surface area contributed by atoms with Crippen molar-refractivity contribution < 1.29 is 4.79 Å². The topological polar surface area (TPSA) is 53.5 Å². The van der Waals surface area contributed by atoms with Crippen LogP contribution in [-0.4, -0.2) is 35.0 Å². The summed E-state index contributed by atoms with van der Waals surface area (Å²) >= 11 is 1.77. The number of carbonyl (C=O) groups is 1. The number of amides is 1. The highest BCUT2D eigenvalue weighted by molar-refractivity contribution is 8.14. The van der Waals surface area contributed by atoms with E-state index in [1.807, 2.05) is 13.8 Å². The van der Waals surface area contributed by atoms with Crippen molar-refractivity contribution in [2.75, 3.05) is 12.3 Å². The van der Waals surface area contributed by atoms with Gasteiger partial charge in [0, 0.05) is 17.3 Å². The van der Waals surface area contributed by atoms with Gasteiger partial charge in [-0.3, -0.25) is 9.79 Å². The van der Waals surface area contributed by atoms with E-state index in [1.54, 1.807) is 11.8 Å². The molecule has 4 nitrogen and oxygen atoms in total. The third-order valence-corrected chi connectivity index (χ3v) is 4.69. The van der Waals surface area contributed by atoms with Gasteiger partial charge in [-0.15, -0.1) is 0 Å². The van der Waals surface area contributed by atoms with Crippen molar-refractivity contribution >= 4 is 22.8 Å². The highest BCUT2D eigenvalue weighted by Crippen LogP contribution is 2.35. The number of carbonyl (C=O) groups excluding carboxylic acids is 1. The summed E-state index contributed by atoms with van der Waals surface area (Å²) in [4.78, 5) is 15.9. The smallest absolute Gasteiger partial charge is 0.241 e. The molecule has 18 heavy (non-hydrogen) atoms. The lowest BCUT2D eigenvalue weighted by Crippen LogP contribution is -2.45. The minimum absolute atomic E-state index is 0.00416. The Morgan fingerprint density at radius 2 is 2.17 bits per heavy atom. The Morgan fingerprint density at radius 1 is 1.44 bits per heavy atom. The van der Waals surface area contributed by atoms with Crippen LogP contribution in [0.2, 0.25) is 0 Å². The molecule has 1 saturated heterocycles. The van der Waals surface area contributed by atoms with Crippen LogP contribution in [0.15, 0.2) is 4.99 Å². The lowest BCUT2D eigenvalue weighted by atomic mass is 9.83. The molecule has 0 aromatic rings. The predicted molar refractivity (Wildman–Crippen MR) is 77.0 cm³/mol. The summed E-state index contributed by atoms with van der Waals surface area (Å²) in [6, 6.07) is 0.187. The van der Waals surface area contributed by atoms with Crippen LogP contribution in [0.4, 0.5) is 0 Å². The van der Waals surface area contributed by atoms with Gasteiger partial charge in [0.1, 0.15) is 6.54 Å². The highest BCUT2D eigenvalue weighted by Gasteiger charge is 2.37. The first-order valence-electron chi connectivity index (χ1n) is 6.84. The minimum atomic E-state index is 0.00416. The molecular weight excluding hydrogens is 246 g/mol. The fraction of sp³-hybridized carbons (Fsp3) is 0.846. The summed E-state index contributed by atoms with van der Waals surface area (Å²) in [6.45, 7) is 4.17. The molecule has 2 N–H and O–H groups in total. The van der Waals surface area contributed by atoms with Crippen molar-refractivity contribution in [3.05, 3.63) is 0 Å². The van der Waals surface area contributed by atoms with Crippen molar-refractivity contribution in [1.29, 1.82) is 0 Å². The maximum Gasteiger partial charge on any atom is 0.241 e. The fourth-order valence-electron chi connectivity index (χ4n) is 2.60. The van der Waals surface area contributed by atoms with E-state index in [-0.39, 0.29) is 24.0 Å². The van der Waals surface area contributed by atoms with Gasteiger partial charge in [0.15, 0.2) is 5.17 Å². The third-order valence-electron chi connectivity index (χ3n) is 3.48. The molecule has 102 valence electrons. The summed E-state index contributed by atoms with van der Waals surface area (Å²) in [5.74, 6) is 1.11. The van der Waals surface area contributed by atoms with Crippen LogP contribution in [0, 0.1) is 0 Å². The van der Waals surface area contributed by atoms with E-state index in [4.69, 9.17) is 0 Å². The molecule has 1 spiro atoms. The van der Waals surface area contributed by atoms with E-state index in [0.29, 0.717) is 0 Å². The second-order valence-corrected chi connectivity index (χ2v) is 6.56. The van der Waals surface area contributed by atoms with E-state index in [2.05, 4.69) is 15.6 Å². The van der Waals surface area contributed by atoms with Crippen molar-refractivity contribution in [3.8, 4) is 0 Å². The minimum Gasteiger partial charge on any atom is -0.359 e. The van der Waals surface area contributed by atoms with Gasteiger partial charge in [0.05, 0.1) is 0 Å². The standard InChI is InChI=1S/C13H23N3OS/c1-10(2)15-11(17)8-14-12-16-13(9-18-12)6-4-3-5-7-13/h10H,3-9H2,1-2H3,(H,14,16)(H,15,17). The Hall–Kier alpha value is -0.710. The molecule has 2 rings (SSSR count). The van der Waals surface area contributed by atoms with Crippen molar-refractivity contribution in [3.63, 3.8) is 0 Å². The molecule has 1 saturated carbocycles. The van der Waals surface area contributed by atoms with Crippen molar-refractivity contribution in [1.82, 2.24) is 10.6 Å². The second kappa shape index (κ2) is 5.95. The van der Waals surface area contributed by atoms with E-state index >= 15 is 0 Å². The van der Waals surface area contributed by atoms with Crippen LogP contribution < -0.4 is 10.6 Å². The highest BCUT2D eigenvalue weighted by atomic mass is 32.2. The van der Waals surface area contributed by atoms with Crippen LogP contribution in [0.5, 0.6) is 0 Å². The molecule has 2 aliphatic rings. The zero-order chi connectivity index (χ0) is 13.0. The molecule has 1 aliphatic carbocycles. The average molecular weight is 269 g/mol. The molecular formula is C13H23N3OS. The Balaban J connectivity index is 1.82. The average Bonchev–Trinajstić information content (AvgIpc) is 2.70. The number of hydrogen-bond acceptors (Lipinski definition) is 3. The normalized spacial score (nSPS) is 24.5. The third kappa shape index (κ3) is 3.64. The Bertz CT molecular complexity index is 335. The number of thioether (sulfide) groups is 1. The monoisotopic (exact) mass is 269 g/mol. The van der Waals surface area contributed by atoms with Crippen molar-refractivity contribution in [2.24, 2.45) is 4.99 Å². The number of nitrogens with zero attached hydrogens (tertiary/aromatic N) is 1. The van der Waals surface area contributed by atoms with Gasteiger partial charge < -0.3 is 10.6 Å². The van der Waals surface area contributed by atoms with Gasteiger partial charge in [-0.1, -0.05) is 31.0 Å². The molecule has 0 aromatic carbocycles. The van der Waals surface area contributed by atoms with E-state index < -0.39 is 0 Å². The Labute approximate surface area is 113 Å². The molecule has 0 radical (unpaired) electrons. The van der Waals surface area contributed by atoms with Crippen LogP contribution >= 0.6 is 11.8 Å². The SMILES string of the molecule is CC(C)NC(=O)CN=C1NC2(CCCCC2)CS1. The van der Waals surface area contributed by atoms with Crippen LogP contribution in [-0.2, 0) is 4.79 Å². The van der Waals surface area contributed by atoms with Crippen molar-refractivity contribution in [2.45, 2.75) is 57.5 Å². The molecule has 0 aromatic heterocycles. The van der Waals surface area contributed by atoms with Gasteiger partial charge in [0.25, 0.3) is 0 Å². The molecule has 1 heterocycles. The number of rotatable bonds is 3. The molecule has 0 unspecified atom stereocenters. The summed E-state index contributed by atoms with van der Waals surface area (Å²) in [6.07, 6.45) is 6.48. The first kappa shape index (κ1) is 13.7. The summed E-state index contributed by atoms with van der Waals surface area (Å²) in [5.41, 5.74) is 0.274. The summed E-state index contributed by atoms with van der Waals surface area (Å²) < 4.78 is 0. The number of amidine groups is 1. The molecule has 0 bridgehead atoms. The van der Waals surface area contributed by atoms with Crippen LogP contribution in [0.25, 0.3) is 0 Å². The van der Waals surface area contributed by atoms with Crippen LogP contribution in [0.1, 0.15) is 46.0 Å².